The van der Waals surface area contributed by atoms with Crippen LogP contribution in [0.3, 0.4) is 0 Å². The van der Waals surface area contributed by atoms with Gasteiger partial charge in [0.1, 0.15) is 24.9 Å². The second-order valence-electron chi connectivity index (χ2n) is 5.07. The van der Waals surface area contributed by atoms with Gasteiger partial charge in [0, 0.05) is 5.02 Å². The summed E-state index contributed by atoms with van der Waals surface area (Å²) in [6.45, 7) is -2.73. The standard InChI is InChI=1S/C14H13Cl2F2N3O3/c15-4-10-5-22-14(24-10,6-21-8-19-7-20-21)11-2-1-9(16)3-12(11)23-13(17)18/h1-3,7-8,10,13H,4-6H2. The second kappa shape index (κ2) is 7.18. The fourth-order valence-corrected chi connectivity index (χ4v) is 2.80. The third-order valence-corrected chi connectivity index (χ3v) is 4.02. The molecule has 1 aliphatic heterocycles. The molecule has 6 nitrogen and oxygen atoms in total. The van der Waals surface area contributed by atoms with Crippen molar-refractivity contribution in [3.63, 3.8) is 0 Å². The minimum Gasteiger partial charge on any atom is -0.434 e. The molecule has 2 unspecified atom stereocenters. The predicted molar refractivity (Wildman–Crippen MR) is 81.3 cm³/mol. The van der Waals surface area contributed by atoms with Crippen LogP contribution in [-0.2, 0) is 21.8 Å². The summed E-state index contributed by atoms with van der Waals surface area (Å²) < 4.78 is 43.3. The number of halogens is 4. The molecular weight excluding hydrogens is 367 g/mol. The van der Waals surface area contributed by atoms with Crippen molar-refractivity contribution >= 4 is 23.2 Å². The van der Waals surface area contributed by atoms with E-state index in [1.54, 1.807) is 6.07 Å². The smallest absolute Gasteiger partial charge is 0.387 e. The maximum absolute atomic E-state index is 12.8. The van der Waals surface area contributed by atoms with Crippen molar-refractivity contribution in [2.24, 2.45) is 0 Å². The molecule has 2 aromatic rings. The van der Waals surface area contributed by atoms with Crippen LogP contribution in [0.15, 0.2) is 30.9 Å². The first-order chi connectivity index (χ1) is 11.5. The largest absolute Gasteiger partial charge is 0.434 e. The van der Waals surface area contributed by atoms with Crippen LogP contribution in [0.1, 0.15) is 5.56 Å². The van der Waals surface area contributed by atoms with E-state index in [2.05, 4.69) is 14.8 Å². The molecule has 0 amide bonds. The molecule has 130 valence electrons. The number of benzene rings is 1. The number of aromatic nitrogens is 3. The molecule has 1 fully saturated rings. The Bertz CT molecular complexity index is 690. The molecule has 0 bridgehead atoms. The van der Waals surface area contributed by atoms with Gasteiger partial charge < -0.3 is 14.2 Å². The molecule has 0 saturated carbocycles. The molecule has 2 heterocycles. The lowest BCUT2D eigenvalue weighted by Gasteiger charge is -2.29. The molecule has 0 N–H and O–H groups in total. The highest BCUT2D eigenvalue weighted by atomic mass is 35.5. The third-order valence-electron chi connectivity index (χ3n) is 3.44. The van der Waals surface area contributed by atoms with Gasteiger partial charge in [-0.25, -0.2) is 9.67 Å². The molecular formula is C14H13Cl2F2N3O3. The van der Waals surface area contributed by atoms with Crippen LogP contribution in [0.25, 0.3) is 0 Å². The van der Waals surface area contributed by atoms with Crippen LogP contribution in [0, 0.1) is 0 Å². The molecule has 1 aromatic heterocycles. The van der Waals surface area contributed by atoms with Crippen molar-refractivity contribution in [3.05, 3.63) is 41.4 Å². The number of ether oxygens (including phenoxy) is 3. The van der Waals surface area contributed by atoms with Crippen LogP contribution in [0.5, 0.6) is 5.75 Å². The zero-order valence-electron chi connectivity index (χ0n) is 12.2. The van der Waals surface area contributed by atoms with E-state index < -0.39 is 18.5 Å². The van der Waals surface area contributed by atoms with Crippen LogP contribution in [0.4, 0.5) is 8.78 Å². The molecule has 0 aliphatic carbocycles. The zero-order chi connectivity index (χ0) is 17.2. The zero-order valence-corrected chi connectivity index (χ0v) is 13.8. The molecule has 1 saturated heterocycles. The van der Waals surface area contributed by atoms with E-state index in [1.165, 1.54) is 29.5 Å². The Morgan fingerprint density at radius 2 is 2.29 bits per heavy atom. The van der Waals surface area contributed by atoms with Gasteiger partial charge in [0.05, 0.1) is 24.2 Å². The lowest BCUT2D eigenvalue weighted by molar-refractivity contribution is -0.188. The summed E-state index contributed by atoms with van der Waals surface area (Å²) in [7, 11) is 0. The van der Waals surface area contributed by atoms with E-state index in [4.69, 9.17) is 32.7 Å². The number of rotatable bonds is 6. The summed E-state index contributed by atoms with van der Waals surface area (Å²) in [4.78, 5) is 3.86. The van der Waals surface area contributed by atoms with Gasteiger partial charge in [0.15, 0.2) is 0 Å². The van der Waals surface area contributed by atoms with E-state index in [-0.39, 0.29) is 35.4 Å². The molecule has 3 rings (SSSR count). The van der Waals surface area contributed by atoms with E-state index in [9.17, 15) is 8.78 Å². The van der Waals surface area contributed by atoms with Crippen molar-refractivity contribution in [1.29, 1.82) is 0 Å². The Balaban J connectivity index is 2.02. The summed E-state index contributed by atoms with van der Waals surface area (Å²) in [5.41, 5.74) is 0.273. The molecule has 0 radical (unpaired) electrons. The summed E-state index contributed by atoms with van der Waals surface area (Å²) in [5, 5.41) is 4.25. The van der Waals surface area contributed by atoms with Crippen LogP contribution >= 0.6 is 23.2 Å². The van der Waals surface area contributed by atoms with Gasteiger partial charge in [-0.1, -0.05) is 11.6 Å². The van der Waals surface area contributed by atoms with Gasteiger partial charge in [0.25, 0.3) is 0 Å². The number of nitrogens with zero attached hydrogens (tertiary/aromatic N) is 3. The number of hydrogen-bond acceptors (Lipinski definition) is 5. The first-order valence-corrected chi connectivity index (χ1v) is 7.88. The Labute approximate surface area is 146 Å². The van der Waals surface area contributed by atoms with Crippen LogP contribution < -0.4 is 4.74 Å². The molecule has 10 heteroatoms. The van der Waals surface area contributed by atoms with Crippen molar-refractivity contribution in [2.75, 3.05) is 12.5 Å². The molecule has 1 aliphatic rings. The first kappa shape index (κ1) is 17.3. The SMILES string of the molecule is FC(F)Oc1cc(Cl)ccc1C1(Cn2cncn2)OCC(CCl)O1. The monoisotopic (exact) mass is 379 g/mol. The average molecular weight is 380 g/mol. The highest BCUT2D eigenvalue weighted by Gasteiger charge is 2.46. The van der Waals surface area contributed by atoms with Crippen LogP contribution in [0.2, 0.25) is 5.02 Å². The molecule has 1 aromatic carbocycles. The van der Waals surface area contributed by atoms with Gasteiger partial charge in [0.2, 0.25) is 5.79 Å². The van der Waals surface area contributed by atoms with Crippen LogP contribution in [-0.4, -0.2) is 40.0 Å². The second-order valence-corrected chi connectivity index (χ2v) is 5.82. The van der Waals surface area contributed by atoms with Gasteiger partial charge in [-0.2, -0.15) is 13.9 Å². The third kappa shape index (κ3) is 3.61. The van der Waals surface area contributed by atoms with Crippen molar-refractivity contribution < 1.29 is 23.0 Å². The maximum Gasteiger partial charge on any atom is 0.387 e. The van der Waals surface area contributed by atoms with Gasteiger partial charge >= 0.3 is 6.61 Å². The highest BCUT2D eigenvalue weighted by molar-refractivity contribution is 6.30. The van der Waals surface area contributed by atoms with Gasteiger partial charge in [-0.05, 0) is 18.2 Å². The van der Waals surface area contributed by atoms with E-state index in [0.29, 0.717) is 0 Å². The molecule has 24 heavy (non-hydrogen) atoms. The molecule has 2 atom stereocenters. The van der Waals surface area contributed by atoms with Gasteiger partial charge in [-0.3, -0.25) is 0 Å². The normalized spacial score (nSPS) is 23.8. The topological polar surface area (TPSA) is 58.4 Å². The fraction of sp³-hybridized carbons (Fsp3) is 0.429. The minimum absolute atomic E-state index is 0.0849. The van der Waals surface area contributed by atoms with Crippen molar-refractivity contribution in [3.8, 4) is 5.75 Å². The van der Waals surface area contributed by atoms with E-state index in [1.807, 2.05) is 0 Å². The quantitative estimate of drug-likeness (QED) is 0.722. The van der Waals surface area contributed by atoms with E-state index >= 15 is 0 Å². The minimum atomic E-state index is -3.02. The Kier molecular flexibility index (Phi) is 5.19. The summed E-state index contributed by atoms with van der Waals surface area (Å²) in [5.74, 6) is -1.33. The summed E-state index contributed by atoms with van der Waals surface area (Å²) in [6, 6.07) is 4.35. The Hall–Kier alpha value is -1.48. The van der Waals surface area contributed by atoms with Crippen molar-refractivity contribution in [2.45, 2.75) is 25.0 Å². The first-order valence-electron chi connectivity index (χ1n) is 6.97. The Morgan fingerprint density at radius 1 is 1.46 bits per heavy atom. The summed E-state index contributed by atoms with van der Waals surface area (Å²) >= 11 is 11.7. The highest BCUT2D eigenvalue weighted by Crippen LogP contribution is 2.42. The molecule has 0 spiro atoms. The lowest BCUT2D eigenvalue weighted by Crippen LogP contribution is -2.34. The van der Waals surface area contributed by atoms with Crippen molar-refractivity contribution in [1.82, 2.24) is 14.8 Å². The number of alkyl halides is 3. The van der Waals surface area contributed by atoms with Gasteiger partial charge in [-0.15, -0.1) is 11.6 Å². The predicted octanol–water partition coefficient (Wildman–Crippen LogP) is 3.04. The lowest BCUT2D eigenvalue weighted by atomic mass is 10.0. The maximum atomic E-state index is 12.8. The van der Waals surface area contributed by atoms with E-state index in [0.717, 1.165) is 0 Å². The Morgan fingerprint density at radius 3 is 2.92 bits per heavy atom. The fourth-order valence-electron chi connectivity index (χ4n) is 2.48. The number of hydrogen-bond donors (Lipinski definition) is 0. The summed E-state index contributed by atoms with van der Waals surface area (Å²) in [6.07, 6.45) is 2.41. The average Bonchev–Trinajstić information content (AvgIpc) is 3.17.